The Morgan fingerprint density at radius 2 is 2.00 bits per heavy atom. The van der Waals surface area contributed by atoms with E-state index in [2.05, 4.69) is 48.3 Å². The lowest BCUT2D eigenvalue weighted by Gasteiger charge is -2.12. The molecule has 0 fully saturated rings. The molecule has 0 atom stereocenters. The monoisotopic (exact) mass is 391 g/mol. The van der Waals surface area contributed by atoms with Crippen LogP contribution in [-0.4, -0.2) is 41.8 Å². The number of nitrogens with one attached hydrogen (secondary N) is 1. The van der Waals surface area contributed by atoms with Crippen molar-refractivity contribution in [2.24, 2.45) is 0 Å². The van der Waals surface area contributed by atoms with Crippen LogP contribution in [0.3, 0.4) is 0 Å². The van der Waals surface area contributed by atoms with Gasteiger partial charge in [-0.15, -0.1) is 10.2 Å². The number of rotatable bonds is 6. The Kier molecular flexibility index (Phi) is 5.00. The summed E-state index contributed by atoms with van der Waals surface area (Å²) in [5, 5.41) is 16.6. The van der Waals surface area contributed by atoms with Crippen LogP contribution in [0.25, 0.3) is 16.7 Å². The van der Waals surface area contributed by atoms with E-state index in [1.165, 1.54) is 0 Å². The lowest BCUT2D eigenvalue weighted by molar-refractivity contribution is 0.0955. The summed E-state index contributed by atoms with van der Waals surface area (Å²) in [6, 6.07) is 7.81. The van der Waals surface area contributed by atoms with E-state index >= 15 is 0 Å². The highest BCUT2D eigenvalue weighted by Crippen LogP contribution is 2.24. The van der Waals surface area contributed by atoms with E-state index in [9.17, 15) is 4.79 Å². The summed E-state index contributed by atoms with van der Waals surface area (Å²) in [7, 11) is 0. The Hall–Kier alpha value is -3.29. The molecule has 0 aliphatic carbocycles. The summed E-state index contributed by atoms with van der Waals surface area (Å²) in [6.45, 7) is 8.72. The molecule has 0 aliphatic rings. The van der Waals surface area contributed by atoms with E-state index in [0.717, 1.165) is 28.2 Å². The predicted octanol–water partition coefficient (Wildman–Crippen LogP) is 3.15. The minimum atomic E-state index is -0.128. The number of pyridine rings is 2. The molecule has 8 nitrogen and oxygen atoms in total. The molecule has 8 heteroatoms. The summed E-state index contributed by atoms with van der Waals surface area (Å²) in [5.74, 6) is 0.900. The quantitative estimate of drug-likeness (QED) is 0.545. The summed E-state index contributed by atoms with van der Waals surface area (Å²) >= 11 is 0. The Bertz CT molecular complexity index is 1170. The molecule has 29 heavy (non-hydrogen) atoms. The van der Waals surface area contributed by atoms with Crippen molar-refractivity contribution in [1.82, 2.24) is 34.7 Å². The van der Waals surface area contributed by atoms with Crippen LogP contribution in [0, 0.1) is 0 Å². The second kappa shape index (κ2) is 7.62. The van der Waals surface area contributed by atoms with E-state index in [1.54, 1.807) is 6.20 Å². The minimum absolute atomic E-state index is 0.128. The lowest BCUT2D eigenvalue weighted by Crippen LogP contribution is -2.26. The first-order valence-electron chi connectivity index (χ1n) is 9.90. The van der Waals surface area contributed by atoms with E-state index in [1.807, 2.05) is 39.5 Å². The van der Waals surface area contributed by atoms with E-state index in [0.29, 0.717) is 18.5 Å². The zero-order chi connectivity index (χ0) is 20.5. The predicted molar refractivity (Wildman–Crippen MR) is 111 cm³/mol. The fourth-order valence-corrected chi connectivity index (χ4v) is 3.34. The molecule has 0 aliphatic heterocycles. The molecule has 4 rings (SSSR count). The van der Waals surface area contributed by atoms with Crippen molar-refractivity contribution in [2.75, 3.05) is 6.54 Å². The highest BCUT2D eigenvalue weighted by molar-refractivity contribution is 6.05. The first-order chi connectivity index (χ1) is 14.0. The molecule has 150 valence electrons. The third-order valence-corrected chi connectivity index (χ3v) is 4.93. The number of amides is 1. The van der Waals surface area contributed by atoms with Gasteiger partial charge >= 0.3 is 0 Å². The highest BCUT2D eigenvalue weighted by Gasteiger charge is 2.19. The van der Waals surface area contributed by atoms with Gasteiger partial charge in [0, 0.05) is 30.9 Å². The van der Waals surface area contributed by atoms with Gasteiger partial charge in [-0.05, 0) is 38.0 Å². The van der Waals surface area contributed by atoms with Gasteiger partial charge < -0.3 is 5.32 Å². The molecule has 0 spiro atoms. The number of hydrogen-bond donors (Lipinski definition) is 1. The second-order valence-electron chi connectivity index (χ2n) is 7.72. The van der Waals surface area contributed by atoms with Crippen molar-refractivity contribution < 1.29 is 4.79 Å². The fraction of sp³-hybridized carbons (Fsp3) is 0.381. The first-order valence-corrected chi connectivity index (χ1v) is 9.90. The summed E-state index contributed by atoms with van der Waals surface area (Å²) in [6.07, 6.45) is 4.24. The number of fused-ring (bicyclic) bond motifs is 2. The van der Waals surface area contributed by atoms with Crippen LogP contribution in [0.4, 0.5) is 0 Å². The second-order valence-corrected chi connectivity index (χ2v) is 7.72. The Balaban J connectivity index is 1.57. The Labute approximate surface area is 169 Å². The van der Waals surface area contributed by atoms with Crippen LogP contribution >= 0.6 is 0 Å². The van der Waals surface area contributed by atoms with Gasteiger partial charge in [-0.2, -0.15) is 5.10 Å². The maximum atomic E-state index is 13.0. The molecule has 4 aromatic heterocycles. The maximum absolute atomic E-state index is 13.0. The Morgan fingerprint density at radius 1 is 1.17 bits per heavy atom. The van der Waals surface area contributed by atoms with Crippen LogP contribution in [0.1, 0.15) is 61.5 Å². The van der Waals surface area contributed by atoms with Crippen LogP contribution in [0.5, 0.6) is 0 Å². The maximum Gasteiger partial charge on any atom is 0.252 e. The topological polar surface area (TPSA) is 90.0 Å². The van der Waals surface area contributed by atoms with Crippen LogP contribution in [-0.2, 0) is 6.42 Å². The number of nitrogens with zero attached hydrogens (tertiary/aromatic N) is 6. The fourth-order valence-electron chi connectivity index (χ4n) is 3.34. The molecule has 4 aromatic rings. The number of carbonyl (C=O) groups excluding carboxylic acids is 1. The smallest absolute Gasteiger partial charge is 0.252 e. The molecule has 1 N–H and O–H groups in total. The van der Waals surface area contributed by atoms with Crippen molar-refractivity contribution in [2.45, 2.75) is 46.1 Å². The molecular formula is C21H25N7O. The van der Waals surface area contributed by atoms with E-state index < -0.39 is 0 Å². The van der Waals surface area contributed by atoms with Gasteiger partial charge in [0.15, 0.2) is 11.3 Å². The first kappa shape index (κ1) is 19.0. The van der Waals surface area contributed by atoms with Gasteiger partial charge in [-0.3, -0.25) is 9.20 Å². The molecular weight excluding hydrogens is 366 g/mol. The number of hydrogen-bond acceptors (Lipinski definition) is 5. The van der Waals surface area contributed by atoms with Crippen molar-refractivity contribution in [3.05, 3.63) is 53.7 Å². The third-order valence-electron chi connectivity index (χ3n) is 4.93. The van der Waals surface area contributed by atoms with Gasteiger partial charge in [0.1, 0.15) is 5.82 Å². The van der Waals surface area contributed by atoms with Crippen molar-refractivity contribution >= 4 is 22.6 Å². The average molecular weight is 391 g/mol. The molecule has 0 unspecified atom stereocenters. The lowest BCUT2D eigenvalue weighted by atomic mass is 10.0. The Morgan fingerprint density at radius 3 is 2.76 bits per heavy atom. The van der Waals surface area contributed by atoms with Crippen molar-refractivity contribution in [3.8, 4) is 0 Å². The van der Waals surface area contributed by atoms with Gasteiger partial charge in [0.05, 0.1) is 17.1 Å². The van der Waals surface area contributed by atoms with Gasteiger partial charge in [-0.1, -0.05) is 19.9 Å². The molecule has 1 amide bonds. The summed E-state index contributed by atoms with van der Waals surface area (Å²) in [4.78, 5) is 17.7. The molecule has 0 saturated heterocycles. The zero-order valence-corrected chi connectivity index (χ0v) is 17.1. The molecule has 4 heterocycles. The van der Waals surface area contributed by atoms with Crippen molar-refractivity contribution in [3.63, 3.8) is 0 Å². The average Bonchev–Trinajstić information content (AvgIpc) is 3.31. The zero-order valence-electron chi connectivity index (χ0n) is 17.1. The standard InChI is InChI=1S/C21H25N7O/c1-13(2)17-11-15(16-12-23-28(14(3)4)20(16)24-17)21(29)22-9-8-19-26-25-18-7-5-6-10-27(18)19/h5-7,10-14H,8-9H2,1-4H3,(H,22,29). The molecule has 0 radical (unpaired) electrons. The van der Waals surface area contributed by atoms with Crippen LogP contribution in [0.2, 0.25) is 0 Å². The van der Waals surface area contributed by atoms with Gasteiger partial charge in [0.25, 0.3) is 5.91 Å². The van der Waals surface area contributed by atoms with Crippen LogP contribution in [0.15, 0.2) is 36.7 Å². The van der Waals surface area contributed by atoms with Crippen LogP contribution < -0.4 is 5.32 Å². The van der Waals surface area contributed by atoms with Gasteiger partial charge in [0.2, 0.25) is 0 Å². The largest absolute Gasteiger partial charge is 0.352 e. The summed E-state index contributed by atoms with van der Waals surface area (Å²) in [5.41, 5.74) is 3.04. The summed E-state index contributed by atoms with van der Waals surface area (Å²) < 4.78 is 3.79. The van der Waals surface area contributed by atoms with E-state index in [-0.39, 0.29) is 17.9 Å². The molecule has 0 saturated carbocycles. The SMILES string of the molecule is CC(C)c1cc(C(=O)NCCc2nnc3ccccn23)c2cnn(C(C)C)c2n1. The third kappa shape index (κ3) is 3.57. The van der Waals surface area contributed by atoms with E-state index in [4.69, 9.17) is 4.98 Å². The number of aromatic nitrogens is 6. The van der Waals surface area contributed by atoms with Crippen molar-refractivity contribution in [1.29, 1.82) is 0 Å². The minimum Gasteiger partial charge on any atom is -0.352 e. The molecule has 0 bridgehead atoms. The molecule has 0 aromatic carbocycles. The normalized spacial score (nSPS) is 11.8. The number of carbonyl (C=O) groups is 1. The van der Waals surface area contributed by atoms with Gasteiger partial charge in [-0.25, -0.2) is 9.67 Å². The highest BCUT2D eigenvalue weighted by atomic mass is 16.1.